The Balaban J connectivity index is 1.62. The van der Waals surface area contributed by atoms with Gasteiger partial charge in [0.15, 0.2) is 11.5 Å². The van der Waals surface area contributed by atoms with E-state index in [-0.39, 0.29) is 17.1 Å². The Kier molecular flexibility index (Phi) is 6.92. The number of nitrogens with zero attached hydrogens (tertiary/aromatic N) is 1. The summed E-state index contributed by atoms with van der Waals surface area (Å²) in [4.78, 5) is 25.3. The van der Waals surface area contributed by atoms with Gasteiger partial charge in [0, 0.05) is 11.1 Å². The Morgan fingerprint density at radius 1 is 0.829 bits per heavy atom. The zero-order valence-electron chi connectivity index (χ0n) is 19.0. The predicted molar refractivity (Wildman–Crippen MR) is 132 cm³/mol. The summed E-state index contributed by atoms with van der Waals surface area (Å²) in [5.41, 5.74) is 3.57. The SMILES string of the molecule is COc1ccc(C(=O)Oc2ccc3ccccc3c2C=NNC(=O)c2ccc(O)cc2)cc1OC. The van der Waals surface area contributed by atoms with Gasteiger partial charge in [0.2, 0.25) is 0 Å². The average Bonchev–Trinajstić information content (AvgIpc) is 2.89. The first-order valence-electron chi connectivity index (χ1n) is 10.6. The molecule has 0 aliphatic heterocycles. The van der Waals surface area contributed by atoms with Crippen molar-refractivity contribution in [3.05, 3.63) is 95.6 Å². The minimum atomic E-state index is -0.594. The van der Waals surface area contributed by atoms with E-state index in [1.807, 2.05) is 30.3 Å². The summed E-state index contributed by atoms with van der Waals surface area (Å²) in [6.45, 7) is 0. The third kappa shape index (κ3) is 5.22. The Morgan fingerprint density at radius 3 is 2.26 bits per heavy atom. The van der Waals surface area contributed by atoms with Gasteiger partial charge in [-0.05, 0) is 59.3 Å². The quantitative estimate of drug-likeness (QED) is 0.178. The van der Waals surface area contributed by atoms with Crippen molar-refractivity contribution in [2.45, 2.75) is 0 Å². The third-order valence-electron chi connectivity index (χ3n) is 5.24. The van der Waals surface area contributed by atoms with Crippen molar-refractivity contribution < 1.29 is 28.9 Å². The molecule has 35 heavy (non-hydrogen) atoms. The maximum Gasteiger partial charge on any atom is 0.343 e. The molecule has 8 heteroatoms. The summed E-state index contributed by atoms with van der Waals surface area (Å²) in [5, 5.41) is 15.1. The van der Waals surface area contributed by atoms with Crippen LogP contribution in [0, 0.1) is 0 Å². The lowest BCUT2D eigenvalue weighted by Gasteiger charge is -2.12. The van der Waals surface area contributed by atoms with Crippen LogP contribution in [0.1, 0.15) is 26.3 Å². The predicted octanol–water partition coefficient (Wildman–Crippen LogP) is 4.55. The van der Waals surface area contributed by atoms with Gasteiger partial charge >= 0.3 is 5.97 Å². The van der Waals surface area contributed by atoms with Crippen LogP contribution in [0.5, 0.6) is 23.0 Å². The van der Waals surface area contributed by atoms with E-state index >= 15 is 0 Å². The molecule has 0 fully saturated rings. The maximum absolute atomic E-state index is 12.9. The molecule has 1 amide bonds. The Hall–Kier alpha value is -4.85. The van der Waals surface area contributed by atoms with E-state index in [2.05, 4.69) is 10.5 Å². The van der Waals surface area contributed by atoms with Crippen molar-refractivity contribution in [3.63, 3.8) is 0 Å². The smallest absolute Gasteiger partial charge is 0.343 e. The molecule has 0 saturated carbocycles. The van der Waals surface area contributed by atoms with Crippen molar-refractivity contribution in [2.24, 2.45) is 5.10 Å². The average molecular weight is 470 g/mol. The van der Waals surface area contributed by atoms with Crippen LogP contribution in [-0.4, -0.2) is 37.4 Å². The van der Waals surface area contributed by atoms with E-state index in [1.54, 1.807) is 18.2 Å². The molecule has 0 aliphatic carbocycles. The fourth-order valence-electron chi connectivity index (χ4n) is 3.45. The molecule has 4 aromatic carbocycles. The number of hydrogen-bond acceptors (Lipinski definition) is 7. The van der Waals surface area contributed by atoms with E-state index in [9.17, 15) is 14.7 Å². The van der Waals surface area contributed by atoms with Crippen molar-refractivity contribution >= 4 is 28.9 Å². The normalized spacial score (nSPS) is 10.8. The van der Waals surface area contributed by atoms with Crippen LogP contribution in [0.25, 0.3) is 10.8 Å². The summed E-state index contributed by atoms with van der Waals surface area (Å²) >= 11 is 0. The zero-order valence-corrected chi connectivity index (χ0v) is 19.0. The molecule has 0 unspecified atom stereocenters. The van der Waals surface area contributed by atoms with Gasteiger partial charge in [-0.3, -0.25) is 4.79 Å². The van der Waals surface area contributed by atoms with Crippen LogP contribution in [0.2, 0.25) is 0 Å². The number of hydrazone groups is 1. The number of fused-ring (bicyclic) bond motifs is 1. The summed E-state index contributed by atoms with van der Waals surface area (Å²) in [5.74, 6) is 0.174. The fourth-order valence-corrected chi connectivity index (χ4v) is 3.45. The van der Waals surface area contributed by atoms with Gasteiger partial charge in [-0.25, -0.2) is 10.2 Å². The van der Waals surface area contributed by atoms with Gasteiger partial charge in [-0.15, -0.1) is 0 Å². The highest BCUT2D eigenvalue weighted by atomic mass is 16.5. The van der Waals surface area contributed by atoms with Crippen molar-refractivity contribution in [3.8, 4) is 23.0 Å². The number of benzene rings is 4. The number of aromatic hydroxyl groups is 1. The molecule has 176 valence electrons. The number of ether oxygens (including phenoxy) is 3. The highest BCUT2D eigenvalue weighted by molar-refractivity contribution is 6.04. The third-order valence-corrected chi connectivity index (χ3v) is 5.24. The molecule has 4 aromatic rings. The molecule has 0 spiro atoms. The lowest BCUT2D eigenvalue weighted by atomic mass is 10.0. The molecule has 0 bridgehead atoms. The topological polar surface area (TPSA) is 106 Å². The van der Waals surface area contributed by atoms with Crippen molar-refractivity contribution in [1.82, 2.24) is 5.43 Å². The number of hydrogen-bond donors (Lipinski definition) is 2. The fraction of sp³-hybridized carbons (Fsp3) is 0.0741. The standard InChI is InChI=1S/C27H22N2O6/c1-33-24-14-10-19(15-25(24)34-2)27(32)35-23-13-9-17-5-3-4-6-21(17)22(23)16-28-29-26(31)18-7-11-20(30)12-8-18/h3-16,30H,1-2H3,(H,29,31). The molecule has 0 saturated heterocycles. The minimum Gasteiger partial charge on any atom is -0.508 e. The van der Waals surface area contributed by atoms with Crippen LogP contribution < -0.4 is 19.6 Å². The second kappa shape index (κ2) is 10.4. The highest BCUT2D eigenvalue weighted by Gasteiger charge is 2.16. The van der Waals surface area contributed by atoms with Crippen LogP contribution in [0.3, 0.4) is 0 Å². The van der Waals surface area contributed by atoms with Gasteiger partial charge in [-0.1, -0.05) is 30.3 Å². The summed E-state index contributed by atoms with van der Waals surface area (Å²) < 4.78 is 16.2. The largest absolute Gasteiger partial charge is 0.508 e. The Morgan fingerprint density at radius 2 is 1.51 bits per heavy atom. The van der Waals surface area contributed by atoms with E-state index in [0.29, 0.717) is 22.6 Å². The lowest BCUT2D eigenvalue weighted by molar-refractivity contribution is 0.0734. The molecule has 0 heterocycles. The van der Waals surface area contributed by atoms with Gasteiger partial charge in [-0.2, -0.15) is 5.10 Å². The Bertz CT molecular complexity index is 1410. The molecule has 0 aliphatic rings. The number of phenols is 1. The van der Waals surface area contributed by atoms with E-state index in [0.717, 1.165) is 10.8 Å². The summed E-state index contributed by atoms with van der Waals surface area (Å²) in [6.07, 6.45) is 1.43. The second-order valence-electron chi connectivity index (χ2n) is 7.40. The van der Waals surface area contributed by atoms with E-state index in [1.165, 1.54) is 50.8 Å². The zero-order chi connectivity index (χ0) is 24.8. The van der Waals surface area contributed by atoms with Crippen LogP contribution in [-0.2, 0) is 0 Å². The van der Waals surface area contributed by atoms with Crippen molar-refractivity contribution in [1.29, 1.82) is 0 Å². The monoisotopic (exact) mass is 470 g/mol. The summed E-state index contributed by atoms with van der Waals surface area (Å²) in [6, 6.07) is 21.6. The summed E-state index contributed by atoms with van der Waals surface area (Å²) in [7, 11) is 2.99. The Labute approximate surface area is 201 Å². The number of phenolic OH excluding ortho intramolecular Hbond substituents is 1. The van der Waals surface area contributed by atoms with E-state index < -0.39 is 11.9 Å². The first kappa shape index (κ1) is 23.3. The second-order valence-corrected chi connectivity index (χ2v) is 7.40. The number of methoxy groups -OCH3 is 2. The lowest BCUT2D eigenvalue weighted by Crippen LogP contribution is -2.17. The van der Waals surface area contributed by atoms with E-state index in [4.69, 9.17) is 14.2 Å². The minimum absolute atomic E-state index is 0.0572. The number of rotatable bonds is 7. The highest BCUT2D eigenvalue weighted by Crippen LogP contribution is 2.30. The van der Waals surface area contributed by atoms with Gasteiger partial charge in [0.05, 0.1) is 26.0 Å². The number of esters is 1. The van der Waals surface area contributed by atoms with Crippen LogP contribution >= 0.6 is 0 Å². The number of nitrogens with one attached hydrogen (secondary N) is 1. The van der Waals surface area contributed by atoms with Gasteiger partial charge < -0.3 is 19.3 Å². The molecule has 0 atom stereocenters. The van der Waals surface area contributed by atoms with Crippen LogP contribution in [0.15, 0.2) is 84.0 Å². The molecule has 0 aromatic heterocycles. The molecular weight excluding hydrogens is 448 g/mol. The first-order valence-corrected chi connectivity index (χ1v) is 10.6. The maximum atomic E-state index is 12.9. The molecule has 0 radical (unpaired) electrons. The molecule has 4 rings (SSSR count). The van der Waals surface area contributed by atoms with Crippen molar-refractivity contribution in [2.75, 3.05) is 14.2 Å². The molecule has 2 N–H and O–H groups in total. The molecule has 8 nitrogen and oxygen atoms in total. The number of carbonyl (C=O) groups excluding carboxylic acids is 2. The molecular formula is C27H22N2O6. The van der Waals surface area contributed by atoms with Crippen LogP contribution in [0.4, 0.5) is 0 Å². The first-order chi connectivity index (χ1) is 17.0. The van der Waals surface area contributed by atoms with Gasteiger partial charge in [0.1, 0.15) is 11.5 Å². The number of carbonyl (C=O) groups is 2. The number of amides is 1. The van der Waals surface area contributed by atoms with Gasteiger partial charge in [0.25, 0.3) is 5.91 Å².